The maximum absolute atomic E-state index is 12.4. The molecule has 0 spiro atoms. The fraction of sp³-hybridized carbons (Fsp3) is 0.263. The third-order valence-electron chi connectivity index (χ3n) is 4.06. The van der Waals surface area contributed by atoms with Crippen LogP contribution in [0.1, 0.15) is 41.7 Å². The van der Waals surface area contributed by atoms with Crippen LogP contribution >= 0.6 is 11.3 Å². The number of aromatic nitrogens is 1. The van der Waals surface area contributed by atoms with Gasteiger partial charge in [0.15, 0.2) is 22.4 Å². The maximum atomic E-state index is 12.4. The number of hydrogen-bond acceptors (Lipinski definition) is 7. The van der Waals surface area contributed by atoms with E-state index in [0.29, 0.717) is 18.0 Å². The van der Waals surface area contributed by atoms with Gasteiger partial charge in [0.1, 0.15) is 0 Å². The van der Waals surface area contributed by atoms with Crippen molar-refractivity contribution >= 4 is 34.0 Å². The number of benzene rings is 1. The summed E-state index contributed by atoms with van der Waals surface area (Å²) in [5.74, 6) is -0.960. The Morgan fingerprint density at radius 1 is 1.27 bits per heavy atom. The number of nitrogens with zero attached hydrogens (tertiary/aromatic N) is 1. The van der Waals surface area contributed by atoms with Crippen LogP contribution in [0.15, 0.2) is 47.5 Å². The van der Waals surface area contributed by atoms with E-state index < -0.39 is 5.97 Å². The van der Waals surface area contributed by atoms with E-state index in [1.165, 1.54) is 17.5 Å². The molecule has 26 heavy (non-hydrogen) atoms. The third kappa shape index (κ3) is 4.05. The molecule has 0 radical (unpaired) electrons. The number of hydrogen-bond donors (Lipinski definition) is 1. The van der Waals surface area contributed by atoms with E-state index in [4.69, 9.17) is 4.74 Å². The van der Waals surface area contributed by atoms with Gasteiger partial charge in [-0.3, -0.25) is 9.59 Å². The van der Waals surface area contributed by atoms with E-state index >= 15 is 0 Å². The van der Waals surface area contributed by atoms with Crippen molar-refractivity contribution in [3.8, 4) is 0 Å². The molecule has 0 saturated heterocycles. The highest BCUT2D eigenvalue weighted by Crippen LogP contribution is 2.31. The molecule has 0 amide bonds. The largest absolute Gasteiger partial charge is 0.461 e. The number of carbonyl (C=O) groups excluding carboxylic acids is 3. The summed E-state index contributed by atoms with van der Waals surface area (Å²) in [7, 11) is 0. The van der Waals surface area contributed by atoms with E-state index in [9.17, 15) is 14.4 Å². The first-order valence-electron chi connectivity index (χ1n) is 8.29. The second-order valence-electron chi connectivity index (χ2n) is 5.82. The Morgan fingerprint density at radius 2 is 1.96 bits per heavy atom. The van der Waals surface area contributed by atoms with Crippen LogP contribution in [-0.2, 0) is 14.3 Å². The van der Waals surface area contributed by atoms with Crippen molar-refractivity contribution in [2.45, 2.75) is 25.7 Å². The summed E-state index contributed by atoms with van der Waals surface area (Å²) in [6.45, 7) is 1.99. The lowest BCUT2D eigenvalue weighted by molar-refractivity contribution is -0.124. The summed E-state index contributed by atoms with van der Waals surface area (Å²) in [5, 5.41) is 4.83. The number of esters is 1. The summed E-state index contributed by atoms with van der Waals surface area (Å²) >= 11 is 1.20. The van der Waals surface area contributed by atoms with Gasteiger partial charge in [-0.2, -0.15) is 0 Å². The molecule has 1 heterocycles. The lowest BCUT2D eigenvalue weighted by atomic mass is 9.80. The molecule has 1 aromatic carbocycles. The van der Waals surface area contributed by atoms with Gasteiger partial charge in [0.05, 0.1) is 12.2 Å². The molecule has 1 aromatic heterocycles. The van der Waals surface area contributed by atoms with E-state index in [0.717, 1.165) is 5.56 Å². The van der Waals surface area contributed by atoms with Gasteiger partial charge in [0, 0.05) is 24.4 Å². The molecule has 0 unspecified atom stereocenters. The van der Waals surface area contributed by atoms with Gasteiger partial charge >= 0.3 is 5.97 Å². The molecule has 1 N–H and O–H groups in total. The van der Waals surface area contributed by atoms with E-state index in [1.807, 2.05) is 30.3 Å². The van der Waals surface area contributed by atoms with Crippen LogP contribution in [0.3, 0.4) is 0 Å². The molecule has 0 bridgehead atoms. The molecule has 1 aliphatic rings. The van der Waals surface area contributed by atoms with E-state index in [2.05, 4.69) is 10.3 Å². The summed E-state index contributed by atoms with van der Waals surface area (Å²) in [5.41, 5.74) is 1.34. The maximum Gasteiger partial charge on any atom is 0.357 e. The summed E-state index contributed by atoms with van der Waals surface area (Å²) in [4.78, 5) is 40.5. The second-order valence-corrected chi connectivity index (χ2v) is 6.68. The van der Waals surface area contributed by atoms with Gasteiger partial charge < -0.3 is 10.1 Å². The molecule has 134 valence electrons. The van der Waals surface area contributed by atoms with Gasteiger partial charge in [-0.05, 0) is 18.4 Å². The SMILES string of the molecule is CCOC(=O)c1csc(NC=C2C(=O)CC(c3ccccc3)CC2=O)n1. The topological polar surface area (TPSA) is 85.4 Å². The van der Waals surface area contributed by atoms with Crippen LogP contribution in [0, 0.1) is 0 Å². The predicted molar refractivity (Wildman–Crippen MR) is 98.2 cm³/mol. The third-order valence-corrected chi connectivity index (χ3v) is 4.84. The Bertz CT molecular complexity index is 837. The quantitative estimate of drug-likeness (QED) is 0.494. The summed E-state index contributed by atoms with van der Waals surface area (Å²) in [6.07, 6.45) is 1.99. The number of ketones is 2. The standard InChI is InChI=1S/C19H18N2O4S/c1-2-25-18(24)15-11-26-19(21-15)20-10-14-16(22)8-13(9-17(14)23)12-6-4-3-5-7-12/h3-7,10-11,13H,2,8-9H2,1H3,(H,20,21). The van der Waals surface area contributed by atoms with E-state index in [-0.39, 0.29) is 35.4 Å². The van der Waals surface area contributed by atoms with Crippen LogP contribution < -0.4 is 5.32 Å². The average Bonchev–Trinajstić information content (AvgIpc) is 3.11. The van der Waals surface area contributed by atoms with Gasteiger partial charge in [0.25, 0.3) is 0 Å². The monoisotopic (exact) mass is 370 g/mol. The van der Waals surface area contributed by atoms with Crippen LogP contribution in [0.5, 0.6) is 0 Å². The Morgan fingerprint density at radius 3 is 2.62 bits per heavy atom. The number of Topliss-reactive ketones (excluding diaryl/α,β-unsaturated/α-hetero) is 2. The van der Waals surface area contributed by atoms with Crippen molar-refractivity contribution in [1.82, 2.24) is 4.98 Å². The zero-order valence-corrected chi connectivity index (χ0v) is 15.0. The number of rotatable bonds is 5. The van der Waals surface area contributed by atoms with Crippen LogP contribution in [-0.4, -0.2) is 29.1 Å². The zero-order chi connectivity index (χ0) is 18.5. The molecule has 0 aliphatic heterocycles. The summed E-state index contributed by atoms with van der Waals surface area (Å²) < 4.78 is 4.88. The van der Waals surface area contributed by atoms with Crippen LogP contribution in [0.25, 0.3) is 0 Å². The van der Waals surface area contributed by atoms with Crippen molar-refractivity contribution in [3.05, 3.63) is 58.7 Å². The lowest BCUT2D eigenvalue weighted by Crippen LogP contribution is -2.25. The first kappa shape index (κ1) is 18.0. The number of carbonyl (C=O) groups is 3. The van der Waals surface area contributed by atoms with Crippen molar-refractivity contribution in [1.29, 1.82) is 0 Å². The smallest absolute Gasteiger partial charge is 0.357 e. The molecule has 1 saturated carbocycles. The van der Waals surface area contributed by atoms with Crippen molar-refractivity contribution in [2.24, 2.45) is 0 Å². The Balaban J connectivity index is 1.67. The molecule has 3 rings (SSSR count). The molecule has 1 aliphatic carbocycles. The van der Waals surface area contributed by atoms with Gasteiger partial charge in [-0.15, -0.1) is 11.3 Å². The molecule has 1 fully saturated rings. The highest BCUT2D eigenvalue weighted by atomic mass is 32.1. The summed E-state index contributed by atoms with van der Waals surface area (Å²) in [6, 6.07) is 9.58. The molecule has 0 atom stereocenters. The molecular weight excluding hydrogens is 352 g/mol. The number of allylic oxidation sites excluding steroid dienone is 1. The molecule has 7 heteroatoms. The molecule has 6 nitrogen and oxygen atoms in total. The minimum atomic E-state index is -0.500. The van der Waals surface area contributed by atoms with Crippen LogP contribution in [0.2, 0.25) is 0 Å². The fourth-order valence-corrected chi connectivity index (χ4v) is 3.44. The highest BCUT2D eigenvalue weighted by Gasteiger charge is 2.31. The van der Waals surface area contributed by atoms with Gasteiger partial charge in [-0.1, -0.05) is 30.3 Å². The molecule has 2 aromatic rings. The van der Waals surface area contributed by atoms with E-state index in [1.54, 1.807) is 12.3 Å². The number of nitrogens with one attached hydrogen (secondary N) is 1. The highest BCUT2D eigenvalue weighted by molar-refractivity contribution is 7.13. The normalized spacial score (nSPS) is 17.1. The second kappa shape index (κ2) is 8.05. The minimum Gasteiger partial charge on any atom is -0.461 e. The Labute approximate surface area is 154 Å². The number of thiazole rings is 1. The minimum absolute atomic E-state index is 0.0800. The Hall–Kier alpha value is -2.80. The van der Waals surface area contributed by atoms with Gasteiger partial charge in [-0.25, -0.2) is 9.78 Å². The van der Waals surface area contributed by atoms with Crippen molar-refractivity contribution in [2.75, 3.05) is 11.9 Å². The Kier molecular flexibility index (Phi) is 5.58. The van der Waals surface area contributed by atoms with Crippen molar-refractivity contribution < 1.29 is 19.1 Å². The number of anilines is 1. The van der Waals surface area contributed by atoms with Gasteiger partial charge in [0.2, 0.25) is 0 Å². The average molecular weight is 370 g/mol. The first-order valence-corrected chi connectivity index (χ1v) is 9.17. The lowest BCUT2D eigenvalue weighted by Gasteiger charge is -2.22. The fourth-order valence-electron chi connectivity index (χ4n) is 2.79. The molecular formula is C19H18N2O4S. The predicted octanol–water partition coefficient (Wildman–Crippen LogP) is 3.33. The van der Waals surface area contributed by atoms with Crippen LogP contribution in [0.4, 0.5) is 5.13 Å². The first-order chi connectivity index (χ1) is 12.6. The number of ether oxygens (including phenoxy) is 1. The zero-order valence-electron chi connectivity index (χ0n) is 14.2. The van der Waals surface area contributed by atoms with Crippen molar-refractivity contribution in [3.63, 3.8) is 0 Å².